The zero-order chi connectivity index (χ0) is 15.3. The highest BCUT2D eigenvalue weighted by Gasteiger charge is 2.38. The van der Waals surface area contributed by atoms with Crippen molar-refractivity contribution in [2.45, 2.75) is 19.4 Å². The molecule has 22 heavy (non-hydrogen) atoms. The number of halogens is 1. The van der Waals surface area contributed by atoms with E-state index in [4.69, 9.17) is 9.84 Å². The number of carbonyl (C=O) groups is 3. The Morgan fingerprint density at radius 1 is 1.27 bits per heavy atom. The van der Waals surface area contributed by atoms with Crippen molar-refractivity contribution in [3.63, 3.8) is 0 Å². The Hall–Kier alpha value is -2.40. The zero-order valence-electron chi connectivity index (χ0n) is 11.7. The van der Waals surface area contributed by atoms with Gasteiger partial charge in [0, 0.05) is 23.1 Å². The van der Waals surface area contributed by atoms with Gasteiger partial charge in [0.1, 0.15) is 11.9 Å². The van der Waals surface area contributed by atoms with Gasteiger partial charge in [-0.05, 0) is 24.6 Å². The number of hydrogen-bond acceptors (Lipinski definition) is 4. The number of rotatable bonds is 2. The number of carboxylic acids is 1. The van der Waals surface area contributed by atoms with Crippen LogP contribution in [0.15, 0.2) is 30.4 Å². The molecule has 1 aliphatic carbocycles. The van der Waals surface area contributed by atoms with Gasteiger partial charge in [-0.2, -0.15) is 0 Å². The molecule has 6 heteroatoms. The van der Waals surface area contributed by atoms with Crippen molar-refractivity contribution in [2.24, 2.45) is 0 Å². The molecule has 3 rings (SSSR count). The maximum atomic E-state index is 12.1. The normalized spacial score (nSPS) is 19.0. The largest absolute Gasteiger partial charge is 0.489 e. The number of carbonyl (C=O) groups excluding carboxylic acids is 2. The molecule has 0 saturated carbocycles. The van der Waals surface area contributed by atoms with Crippen molar-refractivity contribution in [1.29, 1.82) is 0 Å². The first-order valence-electron chi connectivity index (χ1n) is 6.46. The third kappa shape index (κ3) is 2.23. The monoisotopic (exact) mass is 320 g/mol. The van der Waals surface area contributed by atoms with E-state index >= 15 is 0 Å². The van der Waals surface area contributed by atoms with Crippen molar-refractivity contribution in [3.8, 4) is 0 Å². The van der Waals surface area contributed by atoms with Crippen LogP contribution in [0.1, 0.15) is 34.8 Å². The summed E-state index contributed by atoms with van der Waals surface area (Å²) in [6.07, 6.45) is 0.215. The lowest BCUT2D eigenvalue weighted by atomic mass is 9.86. The van der Waals surface area contributed by atoms with Gasteiger partial charge in [-0.3, -0.25) is 9.59 Å². The Bertz CT molecular complexity index is 760. The van der Waals surface area contributed by atoms with Gasteiger partial charge in [0.25, 0.3) is 0 Å². The lowest BCUT2D eigenvalue weighted by Crippen LogP contribution is -2.22. The first-order valence-corrected chi connectivity index (χ1v) is 6.46. The van der Waals surface area contributed by atoms with Crippen LogP contribution in [-0.4, -0.2) is 28.7 Å². The lowest BCUT2D eigenvalue weighted by molar-refractivity contribution is -0.130. The summed E-state index contributed by atoms with van der Waals surface area (Å²) in [7, 11) is 0. The zero-order valence-corrected chi connectivity index (χ0v) is 12.5. The SMILES string of the molecule is C=C(C(=O)O)c1ccc2c(c1)C1=C(CC(C)O1)C(=O)C2=O.Cl. The van der Waals surface area contributed by atoms with Gasteiger partial charge in [-0.1, -0.05) is 12.6 Å². The number of ether oxygens (including phenoxy) is 1. The second-order valence-corrected chi connectivity index (χ2v) is 5.14. The first kappa shape index (κ1) is 16.0. The van der Waals surface area contributed by atoms with Gasteiger partial charge in [0.2, 0.25) is 11.6 Å². The predicted octanol–water partition coefficient (Wildman–Crippen LogP) is 2.49. The first-order chi connectivity index (χ1) is 9.90. The van der Waals surface area contributed by atoms with Crippen LogP contribution in [0.25, 0.3) is 11.3 Å². The smallest absolute Gasteiger partial charge is 0.335 e. The van der Waals surface area contributed by atoms with E-state index in [2.05, 4.69) is 6.58 Å². The average molecular weight is 321 g/mol. The molecule has 0 radical (unpaired) electrons. The number of carboxylic acid groups (broad SMARTS) is 1. The number of hydrogen-bond donors (Lipinski definition) is 1. The third-order valence-electron chi connectivity index (χ3n) is 3.68. The molecule has 1 aliphatic heterocycles. The number of benzene rings is 1. The quantitative estimate of drug-likeness (QED) is 0.669. The van der Waals surface area contributed by atoms with Crippen molar-refractivity contribution in [2.75, 3.05) is 0 Å². The van der Waals surface area contributed by atoms with E-state index in [1.165, 1.54) is 12.1 Å². The van der Waals surface area contributed by atoms with E-state index in [9.17, 15) is 14.4 Å². The van der Waals surface area contributed by atoms with E-state index in [-0.39, 0.29) is 29.6 Å². The predicted molar refractivity (Wildman–Crippen MR) is 81.8 cm³/mol. The van der Waals surface area contributed by atoms with E-state index in [0.717, 1.165) is 0 Å². The molecule has 0 fully saturated rings. The van der Waals surface area contributed by atoms with Crippen LogP contribution in [-0.2, 0) is 14.3 Å². The van der Waals surface area contributed by atoms with Gasteiger partial charge in [0.05, 0.1) is 5.57 Å². The Labute approximate surface area is 132 Å². The van der Waals surface area contributed by atoms with Crippen LogP contribution in [0.2, 0.25) is 0 Å². The Morgan fingerprint density at radius 3 is 2.59 bits per heavy atom. The van der Waals surface area contributed by atoms with E-state index < -0.39 is 17.5 Å². The summed E-state index contributed by atoms with van der Waals surface area (Å²) in [6, 6.07) is 4.48. The molecule has 0 amide bonds. The fourth-order valence-electron chi connectivity index (χ4n) is 2.62. The molecule has 0 bridgehead atoms. The molecule has 1 heterocycles. The summed E-state index contributed by atoms with van der Waals surface area (Å²) in [6.45, 7) is 5.31. The van der Waals surface area contributed by atoms with Gasteiger partial charge < -0.3 is 9.84 Å². The summed E-state index contributed by atoms with van der Waals surface area (Å²) in [4.78, 5) is 35.1. The van der Waals surface area contributed by atoms with Crippen LogP contribution in [0.4, 0.5) is 0 Å². The van der Waals surface area contributed by atoms with E-state index in [1.54, 1.807) is 6.07 Å². The Morgan fingerprint density at radius 2 is 1.95 bits per heavy atom. The molecule has 1 aromatic carbocycles. The topological polar surface area (TPSA) is 80.7 Å². The van der Waals surface area contributed by atoms with Crippen LogP contribution >= 0.6 is 12.4 Å². The minimum atomic E-state index is -1.14. The Kier molecular flexibility index (Phi) is 3.94. The number of ketones is 2. The molecule has 0 saturated heterocycles. The van der Waals surface area contributed by atoms with Crippen LogP contribution in [0.3, 0.4) is 0 Å². The molecular formula is C16H13ClO5. The Balaban J connectivity index is 0.00000176. The van der Waals surface area contributed by atoms with Gasteiger partial charge >= 0.3 is 5.97 Å². The molecule has 1 N–H and O–H groups in total. The summed E-state index contributed by atoms with van der Waals surface area (Å²) < 4.78 is 5.64. The molecular weight excluding hydrogens is 308 g/mol. The molecule has 1 aromatic rings. The highest BCUT2D eigenvalue weighted by molar-refractivity contribution is 6.52. The van der Waals surface area contributed by atoms with Crippen LogP contribution in [0, 0.1) is 0 Å². The van der Waals surface area contributed by atoms with E-state index in [0.29, 0.717) is 28.9 Å². The van der Waals surface area contributed by atoms with Gasteiger partial charge in [-0.25, -0.2) is 4.79 Å². The van der Waals surface area contributed by atoms with Crippen molar-refractivity contribution < 1.29 is 24.2 Å². The molecule has 1 atom stereocenters. The average Bonchev–Trinajstić information content (AvgIpc) is 2.85. The third-order valence-corrected chi connectivity index (χ3v) is 3.68. The lowest BCUT2D eigenvalue weighted by Gasteiger charge is -2.17. The fourth-order valence-corrected chi connectivity index (χ4v) is 2.62. The molecule has 1 unspecified atom stereocenters. The van der Waals surface area contributed by atoms with Gasteiger partial charge in [0.15, 0.2) is 0 Å². The highest BCUT2D eigenvalue weighted by atomic mass is 35.5. The van der Waals surface area contributed by atoms with Crippen molar-refractivity contribution >= 4 is 41.3 Å². The van der Waals surface area contributed by atoms with Crippen molar-refractivity contribution in [3.05, 3.63) is 47.0 Å². The minimum absolute atomic E-state index is 0. The minimum Gasteiger partial charge on any atom is -0.489 e. The second-order valence-electron chi connectivity index (χ2n) is 5.14. The molecule has 5 nitrogen and oxygen atoms in total. The summed E-state index contributed by atoms with van der Waals surface area (Å²) in [5, 5.41) is 9.00. The number of fused-ring (bicyclic) bond motifs is 2. The maximum absolute atomic E-state index is 12.1. The van der Waals surface area contributed by atoms with Gasteiger partial charge in [-0.15, -0.1) is 12.4 Å². The van der Waals surface area contributed by atoms with Crippen molar-refractivity contribution in [1.82, 2.24) is 0 Å². The molecule has 2 aliphatic rings. The van der Waals surface area contributed by atoms with E-state index in [1.807, 2.05) is 6.92 Å². The summed E-state index contributed by atoms with van der Waals surface area (Å²) in [5.41, 5.74) is 1.40. The summed E-state index contributed by atoms with van der Waals surface area (Å²) in [5.74, 6) is -1.86. The second kappa shape index (κ2) is 5.42. The fraction of sp³-hybridized carbons (Fsp3) is 0.188. The molecule has 0 spiro atoms. The maximum Gasteiger partial charge on any atom is 0.335 e. The standard InChI is InChI=1S/C16H12O5.ClH/c1-7-5-12-14(18)13(17)10-4-3-9(8(2)16(19)20)6-11(10)15(12)21-7;/h3-4,6-7H,2,5H2,1H3,(H,19,20);1H. The number of aliphatic carboxylic acids is 1. The van der Waals surface area contributed by atoms with Crippen LogP contribution < -0.4 is 0 Å². The summed E-state index contributed by atoms with van der Waals surface area (Å²) >= 11 is 0. The van der Waals surface area contributed by atoms with Crippen LogP contribution in [0.5, 0.6) is 0 Å². The molecule has 114 valence electrons. The highest BCUT2D eigenvalue weighted by Crippen LogP contribution is 2.39. The number of Topliss-reactive ketones (excluding diaryl/α,β-unsaturated/α-hetero) is 2. The molecule has 0 aromatic heterocycles.